The highest BCUT2D eigenvalue weighted by Crippen LogP contribution is 2.39. The topological polar surface area (TPSA) is 108 Å². The number of rotatable bonds is 3. The van der Waals surface area contributed by atoms with E-state index in [2.05, 4.69) is 15.2 Å². The Morgan fingerprint density at radius 1 is 1.27 bits per heavy atom. The van der Waals surface area contributed by atoms with Crippen LogP contribution in [0.25, 0.3) is 0 Å². The van der Waals surface area contributed by atoms with Crippen molar-refractivity contribution in [2.24, 2.45) is 12.5 Å². The van der Waals surface area contributed by atoms with Crippen LogP contribution in [0.1, 0.15) is 33.4 Å². The first kappa shape index (κ1) is 18.9. The number of hydrogen-bond acceptors (Lipinski definition) is 7. The van der Waals surface area contributed by atoms with E-state index < -0.39 is 11.1 Å². The molecule has 0 aromatic carbocycles. The van der Waals surface area contributed by atoms with E-state index in [0.717, 1.165) is 17.1 Å². The summed E-state index contributed by atoms with van der Waals surface area (Å²) < 4.78 is 4.27. The molecule has 2 aliphatic heterocycles. The molecule has 1 saturated heterocycles. The number of nitrogens with zero attached hydrogens (tertiary/aromatic N) is 7. The van der Waals surface area contributed by atoms with Gasteiger partial charge in [-0.25, -0.2) is 9.67 Å². The molecule has 0 N–H and O–H groups in total. The summed E-state index contributed by atoms with van der Waals surface area (Å²) in [6.45, 7) is 3.62. The number of fused-ring (bicyclic) bond motifs is 1. The van der Waals surface area contributed by atoms with Crippen LogP contribution in [-0.4, -0.2) is 53.0 Å². The fourth-order valence-corrected chi connectivity index (χ4v) is 5.08. The van der Waals surface area contributed by atoms with Crippen LogP contribution in [0.4, 0.5) is 0 Å². The monoisotopic (exact) mass is 427 g/mol. The summed E-state index contributed by atoms with van der Waals surface area (Å²) in [6, 6.07) is 1.70. The zero-order valence-corrected chi connectivity index (χ0v) is 17.6. The number of carbonyl (C=O) groups excluding carboxylic acids is 1. The molecule has 5 rings (SSSR count). The molecule has 0 unspecified atom stereocenters. The molecule has 1 amide bonds. The molecule has 10 nitrogen and oxygen atoms in total. The fourth-order valence-electron chi connectivity index (χ4n) is 4.47. The number of aryl methyl sites for hydroxylation is 2. The summed E-state index contributed by atoms with van der Waals surface area (Å²) in [5.41, 5.74) is -0.201. The van der Waals surface area contributed by atoms with Crippen molar-refractivity contribution in [1.82, 2.24) is 34.0 Å². The van der Waals surface area contributed by atoms with Crippen LogP contribution in [0.3, 0.4) is 0 Å². The Hall–Kier alpha value is -3.08. The maximum atomic E-state index is 12.8. The third kappa shape index (κ3) is 3.00. The quantitative estimate of drug-likeness (QED) is 0.546. The van der Waals surface area contributed by atoms with Gasteiger partial charge in [-0.2, -0.15) is 10.2 Å². The lowest BCUT2D eigenvalue weighted by Crippen LogP contribution is -2.43. The largest absolute Gasteiger partial charge is 0.337 e. The van der Waals surface area contributed by atoms with Gasteiger partial charge in [0.05, 0.1) is 17.2 Å². The molecular weight excluding hydrogens is 406 g/mol. The second kappa shape index (κ2) is 6.73. The highest BCUT2D eigenvalue weighted by molar-refractivity contribution is 7.09. The third-order valence-electron chi connectivity index (χ3n) is 5.98. The van der Waals surface area contributed by atoms with Crippen LogP contribution < -0.4 is 11.1 Å². The Morgan fingerprint density at radius 2 is 2.10 bits per heavy atom. The minimum absolute atomic E-state index is 0.0679. The fraction of sp³-hybridized carbons (Fsp3) is 0.474. The lowest BCUT2D eigenvalue weighted by molar-refractivity contribution is 0.0761. The van der Waals surface area contributed by atoms with Crippen LogP contribution in [0, 0.1) is 12.3 Å². The molecule has 1 spiro atoms. The zero-order valence-electron chi connectivity index (χ0n) is 16.7. The van der Waals surface area contributed by atoms with Gasteiger partial charge in [0.25, 0.3) is 5.91 Å². The van der Waals surface area contributed by atoms with E-state index in [9.17, 15) is 14.4 Å². The Kier molecular flexibility index (Phi) is 4.24. The van der Waals surface area contributed by atoms with E-state index in [-0.39, 0.29) is 17.9 Å². The first-order valence-electron chi connectivity index (χ1n) is 9.74. The Labute approximate surface area is 175 Å². The van der Waals surface area contributed by atoms with Crippen molar-refractivity contribution in [2.75, 3.05) is 13.1 Å². The Balaban J connectivity index is 1.40. The molecule has 0 aliphatic carbocycles. The molecule has 2 aliphatic rings. The van der Waals surface area contributed by atoms with E-state index in [1.54, 1.807) is 28.9 Å². The molecule has 1 fully saturated rings. The zero-order chi connectivity index (χ0) is 21.0. The van der Waals surface area contributed by atoms with Crippen LogP contribution >= 0.6 is 11.3 Å². The standard InChI is InChI=1S/C19H21N7O3S/c1-12-21-13(9-30-12)8-26-18(29)17(28)25-11-19(7-15(25)22-26)4-6-24(10-19)16(27)14-3-5-20-23(14)2/h3,5,9H,4,6-8,10-11H2,1-2H3/t19-/m1/s1. The summed E-state index contributed by atoms with van der Waals surface area (Å²) in [6.07, 6.45) is 2.93. The molecule has 1 atom stereocenters. The first-order chi connectivity index (χ1) is 14.3. The number of likely N-dealkylation sites (tertiary alicyclic amines) is 1. The second-order valence-corrected chi connectivity index (χ2v) is 9.18. The van der Waals surface area contributed by atoms with Crippen molar-refractivity contribution < 1.29 is 4.79 Å². The molecule has 156 valence electrons. The molecule has 30 heavy (non-hydrogen) atoms. The molecule has 0 radical (unpaired) electrons. The van der Waals surface area contributed by atoms with Gasteiger partial charge in [0.15, 0.2) is 0 Å². The summed E-state index contributed by atoms with van der Waals surface area (Å²) in [7, 11) is 1.74. The van der Waals surface area contributed by atoms with Gasteiger partial charge in [-0.15, -0.1) is 11.3 Å². The maximum Gasteiger partial charge on any atom is 0.332 e. The van der Waals surface area contributed by atoms with Crippen molar-refractivity contribution in [3.8, 4) is 0 Å². The average molecular weight is 427 g/mol. The Bertz CT molecular complexity index is 1270. The second-order valence-electron chi connectivity index (χ2n) is 8.12. The van der Waals surface area contributed by atoms with Crippen LogP contribution in [-0.2, 0) is 26.6 Å². The van der Waals surface area contributed by atoms with E-state index in [1.807, 2.05) is 12.3 Å². The molecule has 0 saturated carbocycles. The average Bonchev–Trinajstić information content (AvgIpc) is 3.48. The predicted molar refractivity (Wildman–Crippen MR) is 109 cm³/mol. The van der Waals surface area contributed by atoms with E-state index in [0.29, 0.717) is 37.6 Å². The minimum atomic E-state index is -0.637. The van der Waals surface area contributed by atoms with Crippen LogP contribution in [0.2, 0.25) is 0 Å². The first-order valence-corrected chi connectivity index (χ1v) is 10.6. The highest BCUT2D eigenvalue weighted by Gasteiger charge is 2.46. The van der Waals surface area contributed by atoms with Gasteiger partial charge >= 0.3 is 11.1 Å². The van der Waals surface area contributed by atoms with Gasteiger partial charge in [0.1, 0.15) is 11.5 Å². The van der Waals surface area contributed by atoms with Crippen LogP contribution in [0.5, 0.6) is 0 Å². The van der Waals surface area contributed by atoms with E-state index in [4.69, 9.17) is 0 Å². The molecular formula is C19H21N7O3S. The molecule has 3 aromatic rings. The SMILES string of the molecule is Cc1nc(Cn2nc3n(c(=O)c2=O)C[C@]2(CCN(C(=O)c4ccnn4C)C2)C3)cs1. The molecule has 5 heterocycles. The van der Waals surface area contributed by atoms with E-state index >= 15 is 0 Å². The number of amides is 1. The highest BCUT2D eigenvalue weighted by atomic mass is 32.1. The molecule has 3 aromatic heterocycles. The van der Waals surface area contributed by atoms with Gasteiger partial charge in [0, 0.05) is 50.1 Å². The number of carbonyl (C=O) groups is 1. The lowest BCUT2D eigenvalue weighted by Gasteiger charge is -2.22. The van der Waals surface area contributed by atoms with Crippen molar-refractivity contribution in [3.63, 3.8) is 0 Å². The maximum absolute atomic E-state index is 12.8. The van der Waals surface area contributed by atoms with Gasteiger partial charge < -0.3 is 4.90 Å². The van der Waals surface area contributed by atoms with Gasteiger partial charge in [-0.05, 0) is 19.4 Å². The van der Waals surface area contributed by atoms with E-state index in [1.165, 1.54) is 20.6 Å². The van der Waals surface area contributed by atoms with Gasteiger partial charge in [-0.3, -0.25) is 23.6 Å². The third-order valence-corrected chi connectivity index (χ3v) is 6.80. The van der Waals surface area contributed by atoms with Crippen molar-refractivity contribution in [3.05, 3.63) is 60.6 Å². The minimum Gasteiger partial charge on any atom is -0.337 e. The Morgan fingerprint density at radius 3 is 2.80 bits per heavy atom. The summed E-state index contributed by atoms with van der Waals surface area (Å²) in [5, 5.41) is 11.3. The summed E-state index contributed by atoms with van der Waals surface area (Å²) >= 11 is 1.50. The number of hydrogen-bond donors (Lipinski definition) is 0. The number of aromatic nitrogens is 6. The van der Waals surface area contributed by atoms with Gasteiger partial charge in [-0.1, -0.05) is 0 Å². The van der Waals surface area contributed by atoms with Crippen LogP contribution in [0.15, 0.2) is 27.2 Å². The van der Waals surface area contributed by atoms with Gasteiger partial charge in [0.2, 0.25) is 0 Å². The van der Waals surface area contributed by atoms with Crippen molar-refractivity contribution in [1.29, 1.82) is 0 Å². The molecule has 0 bridgehead atoms. The van der Waals surface area contributed by atoms with Crippen molar-refractivity contribution in [2.45, 2.75) is 32.9 Å². The lowest BCUT2D eigenvalue weighted by atomic mass is 9.86. The number of thiazole rings is 1. The predicted octanol–water partition coefficient (Wildman–Crippen LogP) is 0.0403. The van der Waals surface area contributed by atoms with Crippen molar-refractivity contribution >= 4 is 17.2 Å². The summed E-state index contributed by atoms with van der Waals surface area (Å²) in [5.74, 6) is 0.531. The summed E-state index contributed by atoms with van der Waals surface area (Å²) in [4.78, 5) is 44.3. The normalized spacial score (nSPS) is 20.3. The molecule has 11 heteroatoms. The smallest absolute Gasteiger partial charge is 0.332 e.